The van der Waals surface area contributed by atoms with Crippen molar-refractivity contribution in [1.29, 1.82) is 0 Å². The zero-order valence-corrected chi connectivity index (χ0v) is 18.6. The molecule has 0 aliphatic carbocycles. The third-order valence-corrected chi connectivity index (χ3v) is 6.11. The predicted octanol–water partition coefficient (Wildman–Crippen LogP) is 4.49. The minimum atomic E-state index is -0.629. The molecule has 2 aromatic heterocycles. The average molecular weight is 464 g/mol. The first-order chi connectivity index (χ1) is 15.9. The van der Waals surface area contributed by atoms with Crippen molar-refractivity contribution < 1.29 is 9.13 Å². The summed E-state index contributed by atoms with van der Waals surface area (Å²) in [7, 11) is 3.34. The van der Waals surface area contributed by atoms with Gasteiger partial charge in [-0.3, -0.25) is 9.36 Å². The van der Waals surface area contributed by atoms with E-state index in [0.717, 1.165) is 27.1 Å². The van der Waals surface area contributed by atoms with Gasteiger partial charge >= 0.3 is 5.69 Å². The Morgan fingerprint density at radius 1 is 0.970 bits per heavy atom. The Morgan fingerprint density at radius 2 is 1.73 bits per heavy atom. The number of methoxy groups -OCH3 is 1. The molecule has 0 bridgehead atoms. The molecule has 0 spiro atoms. The van der Waals surface area contributed by atoms with Crippen molar-refractivity contribution in [2.24, 2.45) is 7.05 Å². The number of aromatic nitrogens is 3. The van der Waals surface area contributed by atoms with Crippen LogP contribution >= 0.6 is 11.6 Å². The fraction of sp³-hybridized carbons (Fsp3) is 0.120. The summed E-state index contributed by atoms with van der Waals surface area (Å²) in [4.78, 5) is 27.4. The number of rotatable bonds is 4. The van der Waals surface area contributed by atoms with Crippen LogP contribution < -0.4 is 16.0 Å². The highest BCUT2D eigenvalue weighted by molar-refractivity contribution is 6.30. The molecule has 166 valence electrons. The van der Waals surface area contributed by atoms with Crippen LogP contribution in [0.25, 0.3) is 27.6 Å². The first-order valence-electron chi connectivity index (χ1n) is 10.2. The zero-order valence-electron chi connectivity index (χ0n) is 17.9. The molecule has 0 saturated carbocycles. The van der Waals surface area contributed by atoms with E-state index >= 15 is 0 Å². The Hall–Kier alpha value is -3.84. The summed E-state index contributed by atoms with van der Waals surface area (Å²) >= 11 is 5.97. The average Bonchev–Trinajstić information content (AvgIpc) is 3.11. The summed E-state index contributed by atoms with van der Waals surface area (Å²) in [6, 6.07) is 18.8. The van der Waals surface area contributed by atoms with E-state index in [9.17, 15) is 14.0 Å². The molecule has 5 rings (SSSR count). The van der Waals surface area contributed by atoms with Crippen LogP contribution in [0.15, 0.2) is 76.3 Å². The molecule has 6 nitrogen and oxygen atoms in total. The third kappa shape index (κ3) is 3.32. The van der Waals surface area contributed by atoms with Crippen molar-refractivity contribution >= 4 is 33.5 Å². The van der Waals surface area contributed by atoms with Gasteiger partial charge in [-0.15, -0.1) is 0 Å². The van der Waals surface area contributed by atoms with Gasteiger partial charge in [0.05, 0.1) is 35.4 Å². The van der Waals surface area contributed by atoms with Gasteiger partial charge in [0, 0.05) is 12.4 Å². The quantitative estimate of drug-likeness (QED) is 0.394. The van der Waals surface area contributed by atoms with Crippen LogP contribution in [-0.2, 0) is 13.6 Å². The molecule has 33 heavy (non-hydrogen) atoms. The van der Waals surface area contributed by atoms with Crippen LogP contribution in [0, 0.1) is 5.82 Å². The van der Waals surface area contributed by atoms with Crippen molar-refractivity contribution in [3.8, 4) is 11.4 Å². The maximum atomic E-state index is 13.8. The minimum Gasteiger partial charge on any atom is -0.497 e. The van der Waals surface area contributed by atoms with Crippen molar-refractivity contribution in [3.63, 3.8) is 0 Å². The predicted molar refractivity (Wildman–Crippen MR) is 127 cm³/mol. The van der Waals surface area contributed by atoms with Gasteiger partial charge in [0.1, 0.15) is 17.1 Å². The summed E-state index contributed by atoms with van der Waals surface area (Å²) in [5.41, 5.74) is 1.66. The molecule has 0 aliphatic rings. The van der Waals surface area contributed by atoms with Gasteiger partial charge in [0.15, 0.2) is 0 Å². The van der Waals surface area contributed by atoms with Crippen molar-refractivity contribution in [1.82, 2.24) is 13.7 Å². The number of hydrogen-bond acceptors (Lipinski definition) is 3. The van der Waals surface area contributed by atoms with Gasteiger partial charge in [0.25, 0.3) is 5.56 Å². The van der Waals surface area contributed by atoms with E-state index in [1.54, 1.807) is 29.4 Å². The van der Waals surface area contributed by atoms with Crippen LogP contribution in [0.1, 0.15) is 5.56 Å². The number of fused-ring (bicyclic) bond motifs is 3. The molecule has 0 atom stereocenters. The van der Waals surface area contributed by atoms with E-state index in [2.05, 4.69) is 0 Å². The van der Waals surface area contributed by atoms with Gasteiger partial charge < -0.3 is 9.30 Å². The van der Waals surface area contributed by atoms with E-state index in [4.69, 9.17) is 16.3 Å². The Labute approximate surface area is 192 Å². The normalized spacial score (nSPS) is 11.4. The van der Waals surface area contributed by atoms with Crippen molar-refractivity contribution in [2.75, 3.05) is 7.11 Å². The summed E-state index contributed by atoms with van der Waals surface area (Å²) in [5.74, 6) is -0.0148. The summed E-state index contributed by atoms with van der Waals surface area (Å²) in [6.07, 6.45) is 0. The highest BCUT2D eigenvalue weighted by atomic mass is 35.5. The first kappa shape index (κ1) is 21.0. The van der Waals surface area contributed by atoms with E-state index in [1.165, 1.54) is 12.1 Å². The van der Waals surface area contributed by atoms with E-state index in [0.29, 0.717) is 16.8 Å². The standard InChI is InChI=1S/C25H19ClFN3O3/c1-28-21-11-9-17(33-2)13-18(21)22-23(28)24(31)30(16-8-10-20(27)19(26)12-16)25(32)29(22)14-15-6-4-3-5-7-15/h3-13H,14H2,1-2H3. The molecule has 8 heteroatoms. The van der Waals surface area contributed by atoms with Crippen LogP contribution in [0.3, 0.4) is 0 Å². The maximum Gasteiger partial charge on any atom is 0.336 e. The Bertz CT molecular complexity index is 1650. The Kier molecular flexibility index (Phi) is 5.06. The monoisotopic (exact) mass is 463 g/mol. The lowest BCUT2D eigenvalue weighted by atomic mass is 10.2. The second-order valence-corrected chi connectivity index (χ2v) is 8.14. The topological polar surface area (TPSA) is 58.2 Å². The number of nitrogens with zero attached hydrogens (tertiary/aromatic N) is 3. The number of aryl methyl sites for hydroxylation is 1. The van der Waals surface area contributed by atoms with Gasteiger partial charge in [-0.2, -0.15) is 0 Å². The summed E-state index contributed by atoms with van der Waals surface area (Å²) in [5, 5.41) is 0.552. The van der Waals surface area contributed by atoms with Gasteiger partial charge in [-0.05, 0) is 42.0 Å². The highest BCUT2D eigenvalue weighted by Gasteiger charge is 2.22. The summed E-state index contributed by atoms with van der Waals surface area (Å²) < 4.78 is 23.5. The molecule has 5 aromatic rings. The van der Waals surface area contributed by atoms with Gasteiger partial charge in [0.2, 0.25) is 0 Å². The fourth-order valence-corrected chi connectivity index (χ4v) is 4.40. The molecular weight excluding hydrogens is 445 g/mol. The molecule has 0 amide bonds. The van der Waals surface area contributed by atoms with Crippen LogP contribution in [0.5, 0.6) is 5.75 Å². The molecule has 0 aliphatic heterocycles. The smallest absolute Gasteiger partial charge is 0.336 e. The molecular formula is C25H19ClFN3O3. The van der Waals surface area contributed by atoms with Gasteiger partial charge in [-0.25, -0.2) is 13.8 Å². The Balaban J connectivity index is 1.95. The van der Waals surface area contributed by atoms with Crippen molar-refractivity contribution in [3.05, 3.63) is 104 Å². The minimum absolute atomic E-state index is 0.171. The second-order valence-electron chi connectivity index (χ2n) is 7.73. The molecule has 0 unspecified atom stereocenters. The van der Waals surface area contributed by atoms with E-state index in [-0.39, 0.29) is 17.3 Å². The molecule has 2 heterocycles. The Morgan fingerprint density at radius 3 is 2.42 bits per heavy atom. The van der Waals surface area contributed by atoms with E-state index < -0.39 is 17.1 Å². The maximum absolute atomic E-state index is 13.8. The van der Waals surface area contributed by atoms with Crippen LogP contribution in [0.4, 0.5) is 4.39 Å². The van der Waals surface area contributed by atoms with E-state index in [1.807, 2.05) is 42.5 Å². The van der Waals surface area contributed by atoms with Gasteiger partial charge in [-0.1, -0.05) is 41.9 Å². The number of benzene rings is 3. The third-order valence-electron chi connectivity index (χ3n) is 5.82. The number of halogens is 2. The number of hydrogen-bond donors (Lipinski definition) is 0. The van der Waals surface area contributed by atoms with Crippen LogP contribution in [0.2, 0.25) is 5.02 Å². The summed E-state index contributed by atoms with van der Waals surface area (Å²) in [6.45, 7) is 0.238. The van der Waals surface area contributed by atoms with Crippen molar-refractivity contribution in [2.45, 2.75) is 6.54 Å². The zero-order chi connectivity index (χ0) is 23.3. The first-order valence-corrected chi connectivity index (χ1v) is 10.6. The fourth-order valence-electron chi connectivity index (χ4n) is 4.22. The molecule has 0 fully saturated rings. The molecule has 0 radical (unpaired) electrons. The molecule has 0 saturated heterocycles. The lowest BCUT2D eigenvalue weighted by Gasteiger charge is -2.14. The lowest BCUT2D eigenvalue weighted by molar-refractivity contribution is 0.415. The molecule has 3 aromatic carbocycles. The SMILES string of the molecule is COc1ccc2c(c1)c1c(c(=O)n(-c3ccc(F)c(Cl)c3)c(=O)n1Cc1ccccc1)n2C. The molecule has 0 N–H and O–H groups in total. The lowest BCUT2D eigenvalue weighted by Crippen LogP contribution is -2.39. The number of ether oxygens (including phenoxy) is 1. The second kappa shape index (κ2) is 7.94. The highest BCUT2D eigenvalue weighted by Crippen LogP contribution is 2.29. The van der Waals surface area contributed by atoms with Crippen LogP contribution in [-0.4, -0.2) is 20.8 Å². The largest absolute Gasteiger partial charge is 0.497 e.